The second-order valence-corrected chi connectivity index (χ2v) is 6.40. The molecule has 2 aliphatic rings. The molecule has 2 atom stereocenters. The van der Waals surface area contributed by atoms with Crippen molar-refractivity contribution < 1.29 is 14.3 Å². The van der Waals surface area contributed by atoms with Gasteiger partial charge in [0.05, 0.1) is 19.3 Å². The summed E-state index contributed by atoms with van der Waals surface area (Å²) < 4.78 is 11.3. The van der Waals surface area contributed by atoms with Crippen molar-refractivity contribution in [3.05, 3.63) is 29.8 Å². The first-order valence-electron chi connectivity index (χ1n) is 7.87. The largest absolute Gasteiger partial charge is 0.484 e. The maximum atomic E-state index is 12.5. The van der Waals surface area contributed by atoms with Crippen LogP contribution in [0.3, 0.4) is 0 Å². The van der Waals surface area contributed by atoms with E-state index >= 15 is 0 Å². The summed E-state index contributed by atoms with van der Waals surface area (Å²) in [5, 5.41) is 0. The normalized spacial score (nSPS) is 25.6. The van der Waals surface area contributed by atoms with Crippen molar-refractivity contribution in [1.29, 1.82) is 0 Å². The van der Waals surface area contributed by atoms with E-state index in [-0.39, 0.29) is 18.6 Å². The highest BCUT2D eigenvalue weighted by Crippen LogP contribution is 2.19. The van der Waals surface area contributed by atoms with Gasteiger partial charge < -0.3 is 14.4 Å². The third-order valence-electron chi connectivity index (χ3n) is 4.45. The number of rotatable bonds is 3. The van der Waals surface area contributed by atoms with Crippen molar-refractivity contribution >= 4 is 5.91 Å². The Balaban J connectivity index is 1.60. The van der Waals surface area contributed by atoms with E-state index in [1.165, 1.54) is 0 Å². The number of amides is 1. The third-order valence-corrected chi connectivity index (χ3v) is 4.45. The van der Waals surface area contributed by atoms with Crippen LogP contribution in [0.5, 0.6) is 5.75 Å². The van der Waals surface area contributed by atoms with E-state index in [1.54, 1.807) is 0 Å². The van der Waals surface area contributed by atoms with Gasteiger partial charge in [-0.1, -0.05) is 12.1 Å². The number of carbonyl (C=O) groups is 1. The summed E-state index contributed by atoms with van der Waals surface area (Å²) in [6.45, 7) is 6.04. The van der Waals surface area contributed by atoms with E-state index < -0.39 is 0 Å². The van der Waals surface area contributed by atoms with Crippen molar-refractivity contribution in [1.82, 2.24) is 9.80 Å². The number of ether oxygens (including phenoxy) is 2. The van der Waals surface area contributed by atoms with Gasteiger partial charge in [0.1, 0.15) is 5.75 Å². The van der Waals surface area contributed by atoms with Gasteiger partial charge >= 0.3 is 0 Å². The standard InChI is InChI=1S/C17H24N2O3/c1-13-4-3-5-16(6-13)22-12-17(20)19-8-14-7-18(2)15(9-19)11-21-10-14/h3-6,14-15H,7-12H2,1-2H3/t14-,15+/m1/s1. The molecule has 0 saturated carbocycles. The number of aryl methyl sites for hydroxylation is 1. The molecule has 0 radical (unpaired) electrons. The Morgan fingerprint density at radius 1 is 1.32 bits per heavy atom. The second-order valence-electron chi connectivity index (χ2n) is 6.40. The number of hydrogen-bond donors (Lipinski definition) is 0. The molecule has 22 heavy (non-hydrogen) atoms. The van der Waals surface area contributed by atoms with Gasteiger partial charge in [0.15, 0.2) is 6.61 Å². The zero-order chi connectivity index (χ0) is 15.5. The van der Waals surface area contributed by atoms with Crippen molar-refractivity contribution in [2.75, 3.05) is 46.5 Å². The van der Waals surface area contributed by atoms with E-state index in [2.05, 4.69) is 11.9 Å². The SMILES string of the molecule is Cc1cccc(OCC(=O)N2C[C@@H]3COC[C@H](C2)N(C)C3)c1. The predicted molar refractivity (Wildman–Crippen MR) is 84.0 cm³/mol. The van der Waals surface area contributed by atoms with Crippen LogP contribution in [0.1, 0.15) is 5.56 Å². The van der Waals surface area contributed by atoms with Crippen LogP contribution in [0.15, 0.2) is 24.3 Å². The van der Waals surface area contributed by atoms with Gasteiger partial charge in [-0.2, -0.15) is 0 Å². The average molecular weight is 304 g/mol. The molecule has 2 bridgehead atoms. The van der Waals surface area contributed by atoms with Gasteiger partial charge in [-0.05, 0) is 31.7 Å². The minimum Gasteiger partial charge on any atom is -0.484 e. The quantitative estimate of drug-likeness (QED) is 0.840. The summed E-state index contributed by atoms with van der Waals surface area (Å²) in [5.74, 6) is 1.21. The van der Waals surface area contributed by atoms with Gasteiger partial charge in [-0.25, -0.2) is 0 Å². The number of hydrogen-bond acceptors (Lipinski definition) is 4. The van der Waals surface area contributed by atoms with Crippen LogP contribution in [0, 0.1) is 12.8 Å². The van der Waals surface area contributed by atoms with Gasteiger partial charge in [-0.3, -0.25) is 9.69 Å². The minimum absolute atomic E-state index is 0.0636. The predicted octanol–water partition coefficient (Wildman–Crippen LogP) is 1.16. The average Bonchev–Trinajstić information content (AvgIpc) is 2.73. The molecule has 0 aliphatic carbocycles. The number of likely N-dealkylation sites (N-methyl/N-ethyl adjacent to an activating group) is 1. The summed E-state index contributed by atoms with van der Waals surface area (Å²) in [4.78, 5) is 16.7. The second kappa shape index (κ2) is 6.67. The Morgan fingerprint density at radius 3 is 3.00 bits per heavy atom. The van der Waals surface area contributed by atoms with Gasteiger partial charge in [0.2, 0.25) is 0 Å². The van der Waals surface area contributed by atoms with E-state index in [0.29, 0.717) is 12.5 Å². The molecule has 5 heteroatoms. The lowest BCUT2D eigenvalue weighted by atomic mass is 10.1. The number of carbonyl (C=O) groups excluding carboxylic acids is 1. The van der Waals surface area contributed by atoms with E-state index in [0.717, 1.165) is 37.6 Å². The molecule has 1 amide bonds. The zero-order valence-corrected chi connectivity index (χ0v) is 13.3. The van der Waals surface area contributed by atoms with E-state index in [1.807, 2.05) is 36.1 Å². The number of nitrogens with zero attached hydrogens (tertiary/aromatic N) is 2. The summed E-state index contributed by atoms with van der Waals surface area (Å²) >= 11 is 0. The summed E-state index contributed by atoms with van der Waals surface area (Å²) in [6.07, 6.45) is 0. The molecule has 1 aromatic rings. The Kier molecular flexibility index (Phi) is 4.64. The van der Waals surface area contributed by atoms with Crippen molar-refractivity contribution in [3.63, 3.8) is 0 Å². The maximum Gasteiger partial charge on any atom is 0.260 e. The monoisotopic (exact) mass is 304 g/mol. The molecule has 2 aliphatic heterocycles. The van der Waals surface area contributed by atoms with E-state index in [4.69, 9.17) is 9.47 Å². The Labute approximate surface area is 131 Å². The van der Waals surface area contributed by atoms with Gasteiger partial charge in [0.25, 0.3) is 5.91 Å². The molecule has 3 rings (SSSR count). The molecular weight excluding hydrogens is 280 g/mol. The molecule has 2 saturated heterocycles. The van der Waals surface area contributed by atoms with Crippen LogP contribution < -0.4 is 4.74 Å². The number of fused-ring (bicyclic) bond motifs is 3. The summed E-state index contributed by atoms with van der Waals surface area (Å²) in [5.41, 5.74) is 1.13. The molecule has 5 nitrogen and oxygen atoms in total. The fourth-order valence-corrected chi connectivity index (χ4v) is 3.20. The smallest absolute Gasteiger partial charge is 0.260 e. The molecule has 1 aromatic carbocycles. The van der Waals surface area contributed by atoms with Crippen molar-refractivity contribution in [3.8, 4) is 5.75 Å². The first-order valence-corrected chi connectivity index (χ1v) is 7.87. The third kappa shape index (κ3) is 3.59. The first kappa shape index (κ1) is 15.3. The van der Waals surface area contributed by atoms with Crippen LogP contribution in [0.2, 0.25) is 0 Å². The van der Waals surface area contributed by atoms with E-state index in [9.17, 15) is 4.79 Å². The Bertz CT molecular complexity index is 534. The lowest BCUT2D eigenvalue weighted by Gasteiger charge is -2.29. The highest BCUT2D eigenvalue weighted by Gasteiger charge is 2.33. The van der Waals surface area contributed by atoms with Crippen molar-refractivity contribution in [2.24, 2.45) is 5.92 Å². The zero-order valence-electron chi connectivity index (χ0n) is 13.3. The Hall–Kier alpha value is -1.59. The molecule has 0 unspecified atom stereocenters. The fraction of sp³-hybridized carbons (Fsp3) is 0.588. The fourth-order valence-electron chi connectivity index (χ4n) is 3.20. The molecule has 0 N–H and O–H groups in total. The van der Waals surface area contributed by atoms with Crippen LogP contribution >= 0.6 is 0 Å². The lowest BCUT2D eigenvalue weighted by Crippen LogP contribution is -2.46. The summed E-state index contributed by atoms with van der Waals surface area (Å²) in [7, 11) is 2.11. The molecule has 2 heterocycles. The van der Waals surface area contributed by atoms with Gasteiger partial charge in [-0.15, -0.1) is 0 Å². The van der Waals surface area contributed by atoms with Crippen LogP contribution in [0.4, 0.5) is 0 Å². The molecule has 0 spiro atoms. The topological polar surface area (TPSA) is 42.0 Å². The maximum absolute atomic E-state index is 12.5. The highest BCUT2D eigenvalue weighted by atomic mass is 16.5. The lowest BCUT2D eigenvalue weighted by molar-refractivity contribution is -0.135. The molecular formula is C17H24N2O3. The van der Waals surface area contributed by atoms with Gasteiger partial charge in [0, 0.05) is 25.6 Å². The molecule has 0 aromatic heterocycles. The van der Waals surface area contributed by atoms with Crippen LogP contribution in [0.25, 0.3) is 0 Å². The molecule has 120 valence electrons. The Morgan fingerprint density at radius 2 is 2.18 bits per heavy atom. The molecule has 2 fully saturated rings. The van der Waals surface area contributed by atoms with Crippen molar-refractivity contribution in [2.45, 2.75) is 13.0 Å². The minimum atomic E-state index is 0.0636. The summed E-state index contributed by atoms with van der Waals surface area (Å²) in [6, 6.07) is 8.08. The number of benzene rings is 1. The van der Waals surface area contributed by atoms with Crippen LogP contribution in [-0.4, -0.2) is 68.3 Å². The van der Waals surface area contributed by atoms with Crippen LogP contribution in [-0.2, 0) is 9.53 Å². The highest BCUT2D eigenvalue weighted by molar-refractivity contribution is 5.78. The first-order chi connectivity index (χ1) is 10.6.